The van der Waals surface area contributed by atoms with E-state index >= 15 is 0 Å². The Bertz CT molecular complexity index is 182. The van der Waals surface area contributed by atoms with Gasteiger partial charge in [-0.15, -0.1) is 0 Å². The average molecular weight is 168 g/mol. The molecule has 0 bridgehead atoms. The summed E-state index contributed by atoms with van der Waals surface area (Å²) in [4.78, 5) is 10.8. The lowest BCUT2D eigenvalue weighted by atomic mass is 10.0. The average Bonchev–Trinajstić information content (AvgIpc) is 2.16. The maximum absolute atomic E-state index is 10.8. The van der Waals surface area contributed by atoms with E-state index in [-0.39, 0.29) is 5.97 Å². The van der Waals surface area contributed by atoms with Gasteiger partial charge in [0.1, 0.15) is 6.61 Å². The third-order valence-electron chi connectivity index (χ3n) is 2.09. The number of allylic oxidation sites excluding steroid dienone is 1. The number of hydrogen-bond donors (Lipinski definition) is 0. The Kier molecular flexibility index (Phi) is 3.85. The van der Waals surface area contributed by atoms with Crippen LogP contribution in [0.4, 0.5) is 0 Å². The molecule has 0 aromatic heterocycles. The van der Waals surface area contributed by atoms with Gasteiger partial charge in [-0.05, 0) is 31.3 Å². The largest absolute Gasteiger partial charge is 0.461 e. The van der Waals surface area contributed by atoms with Crippen molar-refractivity contribution in [3.63, 3.8) is 0 Å². The van der Waals surface area contributed by atoms with Crippen molar-refractivity contribution in [2.75, 3.05) is 6.61 Å². The monoisotopic (exact) mass is 168 g/mol. The predicted octanol–water partition coefficient (Wildman–Crippen LogP) is 2.44. The predicted molar refractivity (Wildman–Crippen MR) is 47.8 cm³/mol. The van der Waals surface area contributed by atoms with Gasteiger partial charge in [0.25, 0.3) is 0 Å². The molecule has 0 radical (unpaired) electrons. The van der Waals surface area contributed by atoms with Gasteiger partial charge >= 0.3 is 5.97 Å². The molecule has 0 heterocycles. The summed E-state index contributed by atoms with van der Waals surface area (Å²) >= 11 is 0. The van der Waals surface area contributed by atoms with E-state index in [0.717, 1.165) is 12.8 Å². The van der Waals surface area contributed by atoms with Crippen molar-refractivity contribution in [2.45, 2.75) is 39.0 Å². The molecule has 0 aromatic rings. The minimum atomic E-state index is -0.0959. The molecule has 0 saturated carbocycles. The fourth-order valence-electron chi connectivity index (χ4n) is 1.31. The first-order valence-electron chi connectivity index (χ1n) is 4.66. The second-order valence-electron chi connectivity index (χ2n) is 3.12. The fourth-order valence-corrected chi connectivity index (χ4v) is 1.31. The fraction of sp³-hybridized carbons (Fsp3) is 0.700. The quantitative estimate of drug-likeness (QED) is 0.478. The van der Waals surface area contributed by atoms with E-state index in [4.69, 9.17) is 4.74 Å². The zero-order chi connectivity index (χ0) is 8.81. The highest BCUT2D eigenvalue weighted by molar-refractivity contribution is 5.69. The molecule has 0 fully saturated rings. The Balaban J connectivity index is 2.21. The zero-order valence-electron chi connectivity index (χ0n) is 7.64. The highest BCUT2D eigenvalue weighted by Crippen LogP contribution is 2.17. The van der Waals surface area contributed by atoms with E-state index < -0.39 is 0 Å². The van der Waals surface area contributed by atoms with E-state index in [2.05, 4.69) is 6.08 Å². The van der Waals surface area contributed by atoms with E-state index in [1.165, 1.54) is 18.4 Å². The molecule has 0 unspecified atom stereocenters. The molecule has 0 atom stereocenters. The Hall–Kier alpha value is -0.790. The van der Waals surface area contributed by atoms with Gasteiger partial charge in [0.05, 0.1) is 0 Å². The minimum absolute atomic E-state index is 0.0959. The van der Waals surface area contributed by atoms with Crippen LogP contribution in [0, 0.1) is 0 Å². The third kappa shape index (κ3) is 3.07. The maximum Gasteiger partial charge on any atom is 0.305 e. The van der Waals surface area contributed by atoms with Crippen LogP contribution in [0.3, 0.4) is 0 Å². The van der Waals surface area contributed by atoms with E-state index in [1.54, 1.807) is 0 Å². The number of esters is 1. The van der Waals surface area contributed by atoms with E-state index in [1.807, 2.05) is 6.92 Å². The van der Waals surface area contributed by atoms with Crippen LogP contribution >= 0.6 is 0 Å². The normalized spacial score (nSPS) is 16.9. The maximum atomic E-state index is 10.8. The van der Waals surface area contributed by atoms with Crippen molar-refractivity contribution in [3.8, 4) is 0 Å². The summed E-state index contributed by atoms with van der Waals surface area (Å²) in [6.07, 6.45) is 7.47. The summed E-state index contributed by atoms with van der Waals surface area (Å²) in [5, 5.41) is 0. The second kappa shape index (κ2) is 4.96. The summed E-state index contributed by atoms with van der Waals surface area (Å²) in [6, 6.07) is 0. The summed E-state index contributed by atoms with van der Waals surface area (Å²) in [6.45, 7) is 2.34. The lowest BCUT2D eigenvalue weighted by molar-refractivity contribution is -0.142. The summed E-state index contributed by atoms with van der Waals surface area (Å²) in [7, 11) is 0. The zero-order valence-corrected chi connectivity index (χ0v) is 7.64. The van der Waals surface area contributed by atoms with Gasteiger partial charge in [-0.3, -0.25) is 4.79 Å². The highest BCUT2D eigenvalue weighted by Gasteiger charge is 2.05. The van der Waals surface area contributed by atoms with Gasteiger partial charge in [-0.2, -0.15) is 0 Å². The van der Waals surface area contributed by atoms with Crippen LogP contribution in [0.2, 0.25) is 0 Å². The second-order valence-corrected chi connectivity index (χ2v) is 3.12. The van der Waals surface area contributed by atoms with Gasteiger partial charge in [-0.1, -0.05) is 13.0 Å². The smallest absolute Gasteiger partial charge is 0.305 e. The number of carbonyl (C=O) groups excluding carboxylic acids is 1. The van der Waals surface area contributed by atoms with Crippen LogP contribution in [0.15, 0.2) is 11.6 Å². The number of hydrogen-bond acceptors (Lipinski definition) is 2. The first-order valence-corrected chi connectivity index (χ1v) is 4.66. The van der Waals surface area contributed by atoms with Crippen molar-refractivity contribution in [3.05, 3.63) is 11.6 Å². The highest BCUT2D eigenvalue weighted by atomic mass is 16.5. The van der Waals surface area contributed by atoms with E-state index in [9.17, 15) is 4.79 Å². The van der Waals surface area contributed by atoms with Crippen LogP contribution in [0.25, 0.3) is 0 Å². The summed E-state index contributed by atoms with van der Waals surface area (Å²) in [5.74, 6) is -0.0959. The Labute approximate surface area is 73.6 Å². The Morgan fingerprint density at radius 3 is 3.00 bits per heavy atom. The molecular formula is C10H16O2. The minimum Gasteiger partial charge on any atom is -0.461 e. The molecule has 0 amide bonds. The molecule has 2 heteroatoms. The van der Waals surface area contributed by atoms with Crippen molar-refractivity contribution in [1.29, 1.82) is 0 Å². The Morgan fingerprint density at radius 2 is 2.42 bits per heavy atom. The van der Waals surface area contributed by atoms with Gasteiger partial charge in [0.2, 0.25) is 0 Å². The number of ether oxygens (including phenoxy) is 1. The molecule has 1 rings (SSSR count). The van der Waals surface area contributed by atoms with E-state index in [0.29, 0.717) is 13.0 Å². The van der Waals surface area contributed by atoms with Crippen LogP contribution < -0.4 is 0 Å². The standard InChI is InChI=1S/C10H16O2/c1-2-10(11)12-8-9-6-4-3-5-7-9/h6H,2-5,7-8H2,1H3. The topological polar surface area (TPSA) is 26.3 Å². The lowest BCUT2D eigenvalue weighted by Crippen LogP contribution is -2.07. The summed E-state index contributed by atoms with van der Waals surface area (Å²) in [5.41, 5.74) is 1.29. The molecule has 0 aromatic carbocycles. The summed E-state index contributed by atoms with van der Waals surface area (Å²) < 4.78 is 5.02. The number of rotatable bonds is 3. The molecule has 2 nitrogen and oxygen atoms in total. The molecule has 0 aliphatic heterocycles. The molecule has 0 spiro atoms. The Morgan fingerprint density at radius 1 is 1.58 bits per heavy atom. The first kappa shape index (κ1) is 9.30. The molecule has 0 N–H and O–H groups in total. The molecular weight excluding hydrogens is 152 g/mol. The SMILES string of the molecule is CCC(=O)OCC1=CCCCC1. The van der Waals surface area contributed by atoms with Crippen LogP contribution in [0.1, 0.15) is 39.0 Å². The molecule has 12 heavy (non-hydrogen) atoms. The van der Waals surface area contributed by atoms with Crippen LogP contribution in [0.5, 0.6) is 0 Å². The first-order chi connectivity index (χ1) is 5.83. The van der Waals surface area contributed by atoms with Crippen molar-refractivity contribution >= 4 is 5.97 Å². The van der Waals surface area contributed by atoms with Crippen LogP contribution in [-0.2, 0) is 9.53 Å². The molecule has 0 saturated heterocycles. The van der Waals surface area contributed by atoms with Crippen molar-refractivity contribution in [2.24, 2.45) is 0 Å². The van der Waals surface area contributed by atoms with Crippen molar-refractivity contribution in [1.82, 2.24) is 0 Å². The lowest BCUT2D eigenvalue weighted by Gasteiger charge is -2.12. The third-order valence-corrected chi connectivity index (χ3v) is 2.09. The van der Waals surface area contributed by atoms with Crippen LogP contribution in [-0.4, -0.2) is 12.6 Å². The van der Waals surface area contributed by atoms with Gasteiger partial charge in [0, 0.05) is 6.42 Å². The van der Waals surface area contributed by atoms with Gasteiger partial charge in [0.15, 0.2) is 0 Å². The molecule has 1 aliphatic carbocycles. The van der Waals surface area contributed by atoms with Crippen molar-refractivity contribution < 1.29 is 9.53 Å². The molecule has 1 aliphatic rings. The van der Waals surface area contributed by atoms with Gasteiger partial charge in [-0.25, -0.2) is 0 Å². The van der Waals surface area contributed by atoms with Gasteiger partial charge < -0.3 is 4.74 Å². The molecule has 68 valence electrons. The number of carbonyl (C=O) groups is 1.